The highest BCUT2D eigenvalue weighted by Crippen LogP contribution is 2.23. The van der Waals surface area contributed by atoms with Gasteiger partial charge in [-0.25, -0.2) is 0 Å². The molecule has 0 bridgehead atoms. The molecule has 0 saturated carbocycles. The highest BCUT2D eigenvalue weighted by atomic mass is 16.5. The van der Waals surface area contributed by atoms with Gasteiger partial charge in [0, 0.05) is 6.20 Å². The summed E-state index contributed by atoms with van der Waals surface area (Å²) in [6.45, 7) is 4.44. The standard InChI is InChI=1S/C13H16N2O2/c1-3-16-11-6-10(7-15-8-11)13(14)12-5-4-9(2)17-12/h4-8,13H,3,14H2,1-2H3. The Morgan fingerprint density at radius 1 is 1.41 bits per heavy atom. The summed E-state index contributed by atoms with van der Waals surface area (Å²) >= 11 is 0. The van der Waals surface area contributed by atoms with Crippen LogP contribution in [0.5, 0.6) is 5.75 Å². The lowest BCUT2D eigenvalue weighted by Gasteiger charge is -2.10. The third kappa shape index (κ3) is 2.65. The minimum absolute atomic E-state index is 0.309. The van der Waals surface area contributed by atoms with Gasteiger partial charge >= 0.3 is 0 Å². The molecule has 0 aliphatic rings. The molecule has 0 spiro atoms. The zero-order chi connectivity index (χ0) is 12.3. The molecule has 1 unspecified atom stereocenters. The molecule has 0 aliphatic heterocycles. The third-order valence-electron chi connectivity index (χ3n) is 2.47. The van der Waals surface area contributed by atoms with Crippen molar-refractivity contribution in [2.24, 2.45) is 5.73 Å². The number of hydrogen-bond donors (Lipinski definition) is 1. The third-order valence-corrected chi connectivity index (χ3v) is 2.47. The van der Waals surface area contributed by atoms with Gasteiger partial charge in [-0.3, -0.25) is 4.98 Å². The van der Waals surface area contributed by atoms with Gasteiger partial charge in [0.25, 0.3) is 0 Å². The predicted octanol–water partition coefficient (Wildman–Crippen LogP) is 2.43. The topological polar surface area (TPSA) is 61.3 Å². The molecule has 0 saturated heterocycles. The van der Waals surface area contributed by atoms with E-state index in [-0.39, 0.29) is 6.04 Å². The maximum atomic E-state index is 6.11. The van der Waals surface area contributed by atoms with Crippen LogP contribution in [-0.2, 0) is 0 Å². The maximum Gasteiger partial charge on any atom is 0.137 e. The first-order valence-corrected chi connectivity index (χ1v) is 5.60. The van der Waals surface area contributed by atoms with Crippen molar-refractivity contribution in [3.63, 3.8) is 0 Å². The van der Waals surface area contributed by atoms with Gasteiger partial charge in [0.15, 0.2) is 0 Å². The predicted molar refractivity (Wildman–Crippen MR) is 64.9 cm³/mol. The zero-order valence-corrected chi connectivity index (χ0v) is 10.0. The summed E-state index contributed by atoms with van der Waals surface area (Å²) in [5.74, 6) is 2.31. The summed E-state index contributed by atoms with van der Waals surface area (Å²) in [7, 11) is 0. The minimum atomic E-state index is -0.309. The molecule has 17 heavy (non-hydrogen) atoms. The first-order chi connectivity index (χ1) is 8.20. The van der Waals surface area contributed by atoms with Crippen LogP contribution in [0.15, 0.2) is 35.0 Å². The number of ether oxygens (including phenoxy) is 1. The van der Waals surface area contributed by atoms with E-state index in [9.17, 15) is 0 Å². The Hall–Kier alpha value is -1.81. The molecule has 0 aliphatic carbocycles. The summed E-state index contributed by atoms with van der Waals surface area (Å²) in [5.41, 5.74) is 6.99. The van der Waals surface area contributed by atoms with Gasteiger partial charge in [0.05, 0.1) is 18.8 Å². The Balaban J connectivity index is 2.24. The van der Waals surface area contributed by atoms with Crippen LogP contribution in [0.25, 0.3) is 0 Å². The maximum absolute atomic E-state index is 6.11. The van der Waals surface area contributed by atoms with E-state index >= 15 is 0 Å². The quantitative estimate of drug-likeness (QED) is 0.879. The zero-order valence-electron chi connectivity index (χ0n) is 10.0. The number of nitrogens with zero attached hydrogens (tertiary/aromatic N) is 1. The first kappa shape index (κ1) is 11.7. The summed E-state index contributed by atoms with van der Waals surface area (Å²) in [6.07, 6.45) is 3.40. The molecule has 1 atom stereocenters. The number of nitrogens with two attached hydrogens (primary N) is 1. The molecule has 2 aromatic rings. The van der Waals surface area contributed by atoms with Crippen molar-refractivity contribution in [2.45, 2.75) is 19.9 Å². The van der Waals surface area contributed by atoms with Gasteiger partial charge < -0.3 is 14.9 Å². The number of hydrogen-bond acceptors (Lipinski definition) is 4. The molecule has 4 nitrogen and oxygen atoms in total. The Kier molecular flexibility index (Phi) is 3.44. The molecule has 0 aromatic carbocycles. The second kappa shape index (κ2) is 5.01. The van der Waals surface area contributed by atoms with Crippen molar-refractivity contribution in [1.29, 1.82) is 0 Å². The average molecular weight is 232 g/mol. The van der Waals surface area contributed by atoms with E-state index in [1.54, 1.807) is 12.4 Å². The van der Waals surface area contributed by atoms with Crippen molar-refractivity contribution >= 4 is 0 Å². The lowest BCUT2D eigenvalue weighted by atomic mass is 10.1. The van der Waals surface area contributed by atoms with Crippen molar-refractivity contribution in [1.82, 2.24) is 4.98 Å². The first-order valence-electron chi connectivity index (χ1n) is 5.60. The van der Waals surface area contributed by atoms with Crippen molar-refractivity contribution in [2.75, 3.05) is 6.61 Å². The molecule has 2 N–H and O–H groups in total. The van der Waals surface area contributed by atoms with Crippen LogP contribution in [0.4, 0.5) is 0 Å². The number of pyridine rings is 1. The summed E-state index contributed by atoms with van der Waals surface area (Å²) in [4.78, 5) is 4.11. The average Bonchev–Trinajstić information content (AvgIpc) is 2.76. The van der Waals surface area contributed by atoms with Gasteiger partial charge in [-0.05, 0) is 37.6 Å². The Morgan fingerprint density at radius 3 is 2.88 bits per heavy atom. The molecule has 4 heteroatoms. The van der Waals surface area contributed by atoms with E-state index in [1.165, 1.54) is 0 Å². The van der Waals surface area contributed by atoms with Crippen molar-refractivity contribution in [3.8, 4) is 5.75 Å². The number of aromatic nitrogens is 1. The molecular weight excluding hydrogens is 216 g/mol. The molecule has 2 aromatic heterocycles. The van der Waals surface area contributed by atoms with Crippen LogP contribution in [0.1, 0.15) is 30.0 Å². The van der Waals surface area contributed by atoms with Gasteiger partial charge in [-0.2, -0.15) is 0 Å². The number of rotatable bonds is 4. The molecule has 0 radical (unpaired) electrons. The summed E-state index contributed by atoms with van der Waals surface area (Å²) < 4.78 is 10.9. The highest BCUT2D eigenvalue weighted by Gasteiger charge is 2.13. The summed E-state index contributed by atoms with van der Waals surface area (Å²) in [5, 5.41) is 0. The van der Waals surface area contributed by atoms with Crippen LogP contribution >= 0.6 is 0 Å². The van der Waals surface area contributed by atoms with E-state index in [2.05, 4.69) is 4.98 Å². The lowest BCUT2D eigenvalue weighted by Crippen LogP contribution is -2.11. The van der Waals surface area contributed by atoms with Crippen molar-refractivity contribution in [3.05, 3.63) is 47.7 Å². The van der Waals surface area contributed by atoms with Crippen LogP contribution in [0, 0.1) is 6.92 Å². The van der Waals surface area contributed by atoms with Crippen molar-refractivity contribution < 1.29 is 9.15 Å². The molecule has 2 heterocycles. The van der Waals surface area contributed by atoms with E-state index in [0.717, 1.165) is 22.8 Å². The fourth-order valence-electron chi connectivity index (χ4n) is 1.64. The summed E-state index contributed by atoms with van der Waals surface area (Å²) in [6, 6.07) is 5.36. The Morgan fingerprint density at radius 2 is 2.24 bits per heavy atom. The van der Waals surface area contributed by atoms with Gasteiger partial charge in [-0.1, -0.05) is 0 Å². The highest BCUT2D eigenvalue weighted by molar-refractivity contribution is 5.30. The molecule has 2 rings (SSSR count). The Labute approximate surface area is 100 Å². The largest absolute Gasteiger partial charge is 0.492 e. The van der Waals surface area contributed by atoms with Crippen LogP contribution in [0.2, 0.25) is 0 Å². The monoisotopic (exact) mass is 232 g/mol. The smallest absolute Gasteiger partial charge is 0.137 e. The lowest BCUT2D eigenvalue weighted by molar-refractivity contribution is 0.338. The van der Waals surface area contributed by atoms with E-state index in [0.29, 0.717) is 6.61 Å². The SMILES string of the molecule is CCOc1cncc(C(N)c2ccc(C)o2)c1. The second-order valence-electron chi connectivity index (χ2n) is 3.81. The number of aryl methyl sites for hydroxylation is 1. The van der Waals surface area contributed by atoms with E-state index < -0.39 is 0 Å². The Bertz CT molecular complexity index is 494. The van der Waals surface area contributed by atoms with Crippen LogP contribution in [-0.4, -0.2) is 11.6 Å². The van der Waals surface area contributed by atoms with Gasteiger partial charge in [-0.15, -0.1) is 0 Å². The normalized spacial score (nSPS) is 12.4. The van der Waals surface area contributed by atoms with Gasteiger partial charge in [0.2, 0.25) is 0 Å². The van der Waals surface area contributed by atoms with Crippen LogP contribution < -0.4 is 10.5 Å². The molecule has 0 fully saturated rings. The fraction of sp³-hybridized carbons (Fsp3) is 0.308. The minimum Gasteiger partial charge on any atom is -0.492 e. The van der Waals surface area contributed by atoms with E-state index in [4.69, 9.17) is 14.9 Å². The molecule has 0 amide bonds. The van der Waals surface area contributed by atoms with E-state index in [1.807, 2.05) is 32.0 Å². The fourth-order valence-corrected chi connectivity index (χ4v) is 1.64. The van der Waals surface area contributed by atoms with Gasteiger partial charge in [0.1, 0.15) is 17.3 Å². The number of furan rings is 1. The molecular formula is C13H16N2O2. The van der Waals surface area contributed by atoms with Crippen LogP contribution in [0.3, 0.4) is 0 Å². The molecule has 90 valence electrons. The second-order valence-corrected chi connectivity index (χ2v) is 3.81.